The van der Waals surface area contributed by atoms with Gasteiger partial charge in [0.2, 0.25) is 5.91 Å². The van der Waals surface area contributed by atoms with E-state index in [2.05, 4.69) is 33.2 Å². The number of rotatable bonds is 5. The highest BCUT2D eigenvalue weighted by atomic mass is 32.1. The number of anilines is 1. The van der Waals surface area contributed by atoms with Crippen LogP contribution in [0.5, 0.6) is 0 Å². The van der Waals surface area contributed by atoms with Crippen molar-refractivity contribution in [2.45, 2.75) is 32.2 Å². The quantitative estimate of drug-likeness (QED) is 0.794. The van der Waals surface area contributed by atoms with Gasteiger partial charge >= 0.3 is 0 Å². The van der Waals surface area contributed by atoms with Gasteiger partial charge in [-0.2, -0.15) is 0 Å². The van der Waals surface area contributed by atoms with Crippen molar-refractivity contribution in [2.24, 2.45) is 0 Å². The average molecular weight is 385 g/mol. The lowest BCUT2D eigenvalue weighted by Crippen LogP contribution is -2.49. The first kappa shape index (κ1) is 18.4. The first-order valence-corrected chi connectivity index (χ1v) is 10.9. The fraction of sp³-hybridized carbons (Fsp3) is 0.524. The first-order valence-electron chi connectivity index (χ1n) is 10.0. The summed E-state index contributed by atoms with van der Waals surface area (Å²) in [5.41, 5.74) is 1.49. The van der Waals surface area contributed by atoms with Crippen LogP contribution in [0.15, 0.2) is 35.8 Å². The minimum Gasteiger partial charge on any atom is -0.353 e. The number of amides is 1. The zero-order valence-corrected chi connectivity index (χ0v) is 16.8. The molecule has 0 radical (unpaired) electrons. The van der Waals surface area contributed by atoms with E-state index in [4.69, 9.17) is 0 Å². The van der Waals surface area contributed by atoms with Crippen LogP contribution in [0.4, 0.5) is 5.82 Å². The predicted octanol–water partition coefficient (Wildman–Crippen LogP) is 3.19. The van der Waals surface area contributed by atoms with E-state index in [1.807, 2.05) is 40.6 Å². The third-order valence-corrected chi connectivity index (χ3v) is 6.81. The Hall–Kier alpha value is -1.92. The highest BCUT2D eigenvalue weighted by Gasteiger charge is 2.28. The summed E-state index contributed by atoms with van der Waals surface area (Å²) in [5.74, 6) is 1.30. The van der Waals surface area contributed by atoms with Crippen molar-refractivity contribution in [2.75, 3.05) is 44.2 Å². The van der Waals surface area contributed by atoms with E-state index < -0.39 is 0 Å². The van der Waals surface area contributed by atoms with Gasteiger partial charge in [-0.3, -0.25) is 9.69 Å². The summed E-state index contributed by atoms with van der Waals surface area (Å²) in [5, 5.41) is 2.21. The van der Waals surface area contributed by atoms with Crippen LogP contribution >= 0.6 is 11.3 Å². The Bertz CT molecular complexity index is 755. The summed E-state index contributed by atoms with van der Waals surface area (Å²) in [6.45, 7) is 7.51. The third kappa shape index (κ3) is 4.01. The summed E-state index contributed by atoms with van der Waals surface area (Å²) in [7, 11) is 0. The summed E-state index contributed by atoms with van der Waals surface area (Å²) < 4.78 is 0. The number of piperazine rings is 1. The van der Waals surface area contributed by atoms with Crippen molar-refractivity contribution in [1.29, 1.82) is 0 Å². The molecule has 144 valence electrons. The second kappa shape index (κ2) is 8.40. The van der Waals surface area contributed by atoms with Gasteiger partial charge in [0.25, 0.3) is 0 Å². The molecule has 1 saturated heterocycles. The van der Waals surface area contributed by atoms with Crippen LogP contribution in [-0.4, -0.2) is 60.0 Å². The number of fused-ring (bicyclic) bond motifs is 1. The van der Waals surface area contributed by atoms with Gasteiger partial charge < -0.3 is 9.80 Å². The number of thiophene rings is 1. The average Bonchev–Trinajstić information content (AvgIpc) is 3.21. The molecule has 27 heavy (non-hydrogen) atoms. The van der Waals surface area contributed by atoms with E-state index in [1.54, 1.807) is 0 Å². The second-order valence-electron chi connectivity index (χ2n) is 7.31. The molecule has 0 spiro atoms. The van der Waals surface area contributed by atoms with Crippen molar-refractivity contribution in [3.05, 3.63) is 46.3 Å². The van der Waals surface area contributed by atoms with E-state index in [0.717, 1.165) is 57.9 Å². The van der Waals surface area contributed by atoms with Crippen molar-refractivity contribution >= 4 is 23.1 Å². The van der Waals surface area contributed by atoms with Crippen molar-refractivity contribution in [3.8, 4) is 0 Å². The monoisotopic (exact) mass is 384 g/mol. The number of carbonyl (C=O) groups is 1. The van der Waals surface area contributed by atoms with Crippen molar-refractivity contribution < 1.29 is 4.79 Å². The van der Waals surface area contributed by atoms with Gasteiger partial charge in [-0.25, -0.2) is 4.98 Å². The Morgan fingerprint density at radius 3 is 2.78 bits per heavy atom. The minimum atomic E-state index is 0.293. The summed E-state index contributed by atoms with van der Waals surface area (Å²) in [6.07, 6.45) is 4.69. The van der Waals surface area contributed by atoms with Crippen molar-refractivity contribution in [1.82, 2.24) is 14.8 Å². The molecule has 2 aromatic rings. The number of aromatic nitrogens is 1. The van der Waals surface area contributed by atoms with Crippen LogP contribution < -0.4 is 4.90 Å². The molecule has 0 unspecified atom stereocenters. The molecule has 0 aliphatic carbocycles. The number of hydrogen-bond acceptors (Lipinski definition) is 5. The molecule has 0 saturated carbocycles. The van der Waals surface area contributed by atoms with Crippen LogP contribution in [0.25, 0.3) is 0 Å². The maximum absolute atomic E-state index is 12.7. The molecule has 0 aromatic carbocycles. The van der Waals surface area contributed by atoms with Crippen LogP contribution in [0, 0.1) is 0 Å². The molecule has 5 nitrogen and oxygen atoms in total. The lowest BCUT2D eigenvalue weighted by atomic mass is 9.97. The van der Waals surface area contributed by atoms with Gasteiger partial charge in [0.15, 0.2) is 0 Å². The van der Waals surface area contributed by atoms with Crippen molar-refractivity contribution in [3.63, 3.8) is 0 Å². The van der Waals surface area contributed by atoms with Gasteiger partial charge in [-0.05, 0) is 42.0 Å². The van der Waals surface area contributed by atoms with Gasteiger partial charge in [0.1, 0.15) is 5.82 Å². The Morgan fingerprint density at radius 2 is 2.04 bits per heavy atom. The summed E-state index contributed by atoms with van der Waals surface area (Å²) >= 11 is 1.88. The zero-order chi connectivity index (χ0) is 18.6. The van der Waals surface area contributed by atoms with Gasteiger partial charge in [-0.15, -0.1) is 11.3 Å². The SMILES string of the molecule is CC[C@H]1c2ccsc2CCN1CCC(=O)N1CCN(c2ccccn2)CC1. The first-order chi connectivity index (χ1) is 13.3. The van der Waals surface area contributed by atoms with E-state index in [0.29, 0.717) is 18.4 Å². The topological polar surface area (TPSA) is 39.7 Å². The molecule has 4 rings (SSSR count). The Kier molecular flexibility index (Phi) is 5.74. The molecule has 2 aromatic heterocycles. The van der Waals surface area contributed by atoms with E-state index in [-0.39, 0.29) is 0 Å². The molecule has 2 aliphatic rings. The third-order valence-electron chi connectivity index (χ3n) is 5.81. The van der Waals surface area contributed by atoms with Crippen LogP contribution in [0.3, 0.4) is 0 Å². The minimum absolute atomic E-state index is 0.293. The van der Waals surface area contributed by atoms with E-state index in [9.17, 15) is 4.79 Å². The fourth-order valence-corrected chi connectivity index (χ4v) is 5.25. The highest BCUT2D eigenvalue weighted by Crippen LogP contribution is 2.35. The molecular weight excluding hydrogens is 356 g/mol. The van der Waals surface area contributed by atoms with Crippen LogP contribution in [0.2, 0.25) is 0 Å². The molecule has 1 atom stereocenters. The molecule has 0 bridgehead atoms. The van der Waals surface area contributed by atoms with Gasteiger partial charge in [-0.1, -0.05) is 13.0 Å². The van der Waals surface area contributed by atoms with E-state index >= 15 is 0 Å². The Labute approximate surface area is 165 Å². The van der Waals surface area contributed by atoms with Crippen LogP contribution in [-0.2, 0) is 11.2 Å². The largest absolute Gasteiger partial charge is 0.353 e. The van der Waals surface area contributed by atoms with E-state index in [1.165, 1.54) is 10.4 Å². The lowest BCUT2D eigenvalue weighted by molar-refractivity contribution is -0.132. The number of pyridine rings is 1. The zero-order valence-electron chi connectivity index (χ0n) is 16.0. The Morgan fingerprint density at radius 1 is 1.19 bits per heavy atom. The molecule has 1 fully saturated rings. The normalized spacial score (nSPS) is 20.6. The van der Waals surface area contributed by atoms with Gasteiger partial charge in [0, 0.05) is 62.8 Å². The fourth-order valence-electron chi connectivity index (χ4n) is 4.32. The number of carbonyl (C=O) groups excluding carboxylic acids is 1. The molecular formula is C21H28N4OS. The lowest BCUT2D eigenvalue weighted by Gasteiger charge is -2.37. The number of hydrogen-bond donors (Lipinski definition) is 0. The molecule has 6 heteroatoms. The molecule has 2 aliphatic heterocycles. The Balaban J connectivity index is 1.28. The smallest absolute Gasteiger partial charge is 0.223 e. The van der Waals surface area contributed by atoms with Gasteiger partial charge in [0.05, 0.1) is 0 Å². The molecule has 4 heterocycles. The molecule has 1 amide bonds. The second-order valence-corrected chi connectivity index (χ2v) is 8.32. The highest BCUT2D eigenvalue weighted by molar-refractivity contribution is 7.10. The summed E-state index contributed by atoms with van der Waals surface area (Å²) in [4.78, 5) is 25.5. The van der Waals surface area contributed by atoms with Crippen LogP contribution in [0.1, 0.15) is 36.2 Å². The predicted molar refractivity (Wildman–Crippen MR) is 110 cm³/mol. The maximum Gasteiger partial charge on any atom is 0.223 e. The maximum atomic E-state index is 12.7. The standard InChI is InChI=1S/C21H28N4OS/c1-2-18-17-8-16-27-19(17)6-10-23(18)11-7-21(26)25-14-12-24(13-15-25)20-5-3-4-9-22-20/h3-5,8-9,16,18H,2,6-7,10-15H2,1H3/t18-/m0/s1. The number of nitrogens with zero attached hydrogens (tertiary/aromatic N) is 4. The molecule has 0 N–H and O–H groups in total. The summed E-state index contributed by atoms with van der Waals surface area (Å²) in [6, 6.07) is 8.75.